The lowest BCUT2D eigenvalue weighted by atomic mass is 10.2. The summed E-state index contributed by atoms with van der Waals surface area (Å²) in [6.45, 7) is 1.77. The van der Waals surface area contributed by atoms with Crippen molar-refractivity contribution in [2.45, 2.75) is 13.1 Å². The second-order valence-corrected chi connectivity index (χ2v) is 6.19. The summed E-state index contributed by atoms with van der Waals surface area (Å²) in [5.74, 6) is 0.0821. The van der Waals surface area contributed by atoms with Crippen LogP contribution in [0.2, 0.25) is 0 Å². The van der Waals surface area contributed by atoms with Gasteiger partial charge in [0, 0.05) is 38.2 Å². The van der Waals surface area contributed by atoms with Crippen LogP contribution in [0.15, 0.2) is 67.0 Å². The van der Waals surface area contributed by atoms with E-state index in [1.165, 1.54) is 18.2 Å². The molecule has 140 valence electrons. The van der Waals surface area contributed by atoms with Gasteiger partial charge in [0.25, 0.3) is 5.91 Å². The minimum Gasteiger partial charge on any atom is -0.383 e. The topological polar surface area (TPSA) is 47.4 Å². The molecule has 0 fully saturated rings. The fraction of sp³-hybridized carbons (Fsp3) is 0.238. The van der Waals surface area contributed by atoms with Crippen LogP contribution >= 0.6 is 0 Å². The number of nitrogens with zero attached hydrogens (tertiary/aromatic N) is 3. The molecule has 6 heteroatoms. The summed E-state index contributed by atoms with van der Waals surface area (Å²) in [5.41, 5.74) is 1.46. The van der Waals surface area contributed by atoms with Crippen molar-refractivity contribution in [2.24, 2.45) is 0 Å². The highest BCUT2D eigenvalue weighted by molar-refractivity contribution is 5.94. The molecule has 0 unspecified atom stereocenters. The van der Waals surface area contributed by atoms with Gasteiger partial charge in [-0.25, -0.2) is 9.37 Å². The van der Waals surface area contributed by atoms with Crippen molar-refractivity contribution in [1.29, 1.82) is 0 Å². The summed E-state index contributed by atoms with van der Waals surface area (Å²) in [4.78, 5) is 18.9. The molecule has 0 spiro atoms. The Hall–Kier alpha value is -2.99. The average molecular weight is 367 g/mol. The van der Waals surface area contributed by atoms with E-state index in [4.69, 9.17) is 4.74 Å². The molecule has 0 aliphatic rings. The number of carbonyl (C=O) groups excluding carboxylic acids is 1. The van der Waals surface area contributed by atoms with Crippen LogP contribution in [-0.2, 0) is 17.8 Å². The number of ether oxygens (including phenoxy) is 1. The van der Waals surface area contributed by atoms with E-state index >= 15 is 0 Å². The maximum absolute atomic E-state index is 13.5. The second-order valence-electron chi connectivity index (χ2n) is 6.19. The van der Waals surface area contributed by atoms with Crippen molar-refractivity contribution in [2.75, 3.05) is 20.3 Å². The van der Waals surface area contributed by atoms with Gasteiger partial charge in [0.1, 0.15) is 11.6 Å². The largest absolute Gasteiger partial charge is 0.383 e. The molecule has 0 N–H and O–H groups in total. The highest BCUT2D eigenvalue weighted by Gasteiger charge is 2.18. The molecule has 27 heavy (non-hydrogen) atoms. The lowest BCUT2D eigenvalue weighted by Crippen LogP contribution is -2.34. The molecule has 1 heterocycles. The van der Waals surface area contributed by atoms with E-state index in [0.717, 1.165) is 11.4 Å². The molecule has 1 amide bonds. The predicted octanol–water partition coefficient (Wildman–Crippen LogP) is 3.36. The van der Waals surface area contributed by atoms with Gasteiger partial charge in [0.2, 0.25) is 0 Å². The van der Waals surface area contributed by atoms with E-state index in [0.29, 0.717) is 31.8 Å². The fourth-order valence-corrected chi connectivity index (χ4v) is 2.84. The Bertz CT molecular complexity index is 880. The van der Waals surface area contributed by atoms with E-state index in [-0.39, 0.29) is 5.91 Å². The van der Waals surface area contributed by atoms with Crippen molar-refractivity contribution in [3.05, 3.63) is 89.8 Å². The Kier molecular flexibility index (Phi) is 6.33. The summed E-state index contributed by atoms with van der Waals surface area (Å²) in [7, 11) is 1.58. The second kappa shape index (κ2) is 9.09. The Morgan fingerprint density at radius 2 is 2.00 bits per heavy atom. The Morgan fingerprint density at radius 3 is 2.74 bits per heavy atom. The molecule has 0 aliphatic carbocycles. The van der Waals surface area contributed by atoms with E-state index < -0.39 is 5.82 Å². The van der Waals surface area contributed by atoms with Crippen LogP contribution in [-0.4, -0.2) is 40.6 Å². The van der Waals surface area contributed by atoms with E-state index in [2.05, 4.69) is 4.98 Å². The zero-order chi connectivity index (χ0) is 19.1. The number of imidazole rings is 1. The zero-order valence-corrected chi connectivity index (χ0v) is 15.2. The normalized spacial score (nSPS) is 10.7. The molecular formula is C21H22FN3O2. The van der Waals surface area contributed by atoms with Crippen LogP contribution in [0.3, 0.4) is 0 Å². The molecule has 0 atom stereocenters. The Balaban J connectivity index is 1.79. The first-order valence-corrected chi connectivity index (χ1v) is 8.75. The molecule has 2 aromatic carbocycles. The predicted molar refractivity (Wildman–Crippen MR) is 101 cm³/mol. The third-order valence-corrected chi connectivity index (χ3v) is 4.25. The van der Waals surface area contributed by atoms with Crippen molar-refractivity contribution >= 4 is 5.91 Å². The van der Waals surface area contributed by atoms with Gasteiger partial charge in [-0.3, -0.25) is 4.79 Å². The number of aromatic nitrogens is 2. The number of amides is 1. The van der Waals surface area contributed by atoms with E-state index in [1.807, 2.05) is 41.1 Å². The maximum Gasteiger partial charge on any atom is 0.254 e. The minimum absolute atomic E-state index is 0.249. The van der Waals surface area contributed by atoms with Crippen molar-refractivity contribution in [3.8, 4) is 0 Å². The van der Waals surface area contributed by atoms with Crippen molar-refractivity contribution in [3.63, 3.8) is 0 Å². The smallest absolute Gasteiger partial charge is 0.254 e. The van der Waals surface area contributed by atoms with Gasteiger partial charge in [-0.2, -0.15) is 0 Å². The molecular weight excluding hydrogens is 345 g/mol. The Labute approximate surface area is 158 Å². The number of methoxy groups -OCH3 is 1. The first-order chi connectivity index (χ1) is 13.2. The summed E-state index contributed by atoms with van der Waals surface area (Å²) in [6, 6.07) is 15.8. The monoisotopic (exact) mass is 367 g/mol. The zero-order valence-electron chi connectivity index (χ0n) is 15.2. The fourth-order valence-electron chi connectivity index (χ4n) is 2.84. The Morgan fingerprint density at radius 1 is 1.19 bits per heavy atom. The lowest BCUT2D eigenvalue weighted by Gasteiger charge is -2.23. The third-order valence-electron chi connectivity index (χ3n) is 4.25. The highest BCUT2D eigenvalue weighted by atomic mass is 19.1. The van der Waals surface area contributed by atoms with Crippen LogP contribution in [0.5, 0.6) is 0 Å². The van der Waals surface area contributed by atoms with E-state index in [9.17, 15) is 9.18 Å². The van der Waals surface area contributed by atoms with Gasteiger partial charge in [0.05, 0.1) is 13.2 Å². The SMILES string of the molecule is COCCN(Cc1nccn1Cc1ccccc1)C(=O)c1cccc(F)c1. The molecule has 3 aromatic rings. The summed E-state index contributed by atoms with van der Waals surface area (Å²) in [5, 5.41) is 0. The number of halogens is 1. The number of hydrogen-bond acceptors (Lipinski definition) is 3. The molecule has 0 radical (unpaired) electrons. The number of rotatable bonds is 8. The molecule has 1 aromatic heterocycles. The standard InChI is InChI=1S/C21H22FN3O2/c1-27-13-12-25(21(26)18-8-5-9-19(22)14-18)16-20-23-10-11-24(20)15-17-6-3-2-4-7-17/h2-11,14H,12-13,15-16H2,1H3. The molecule has 0 bridgehead atoms. The molecule has 3 rings (SSSR count). The van der Waals surface area contributed by atoms with Crippen LogP contribution in [0.4, 0.5) is 4.39 Å². The van der Waals surface area contributed by atoms with Crippen molar-refractivity contribution < 1.29 is 13.9 Å². The number of benzene rings is 2. The van der Waals surface area contributed by atoms with Gasteiger partial charge < -0.3 is 14.2 Å². The first-order valence-electron chi connectivity index (χ1n) is 8.75. The molecule has 0 saturated carbocycles. The van der Waals surface area contributed by atoms with Gasteiger partial charge in [-0.15, -0.1) is 0 Å². The molecule has 0 aliphatic heterocycles. The summed E-state index contributed by atoms with van der Waals surface area (Å²) >= 11 is 0. The van der Waals surface area contributed by atoms with Crippen LogP contribution in [0, 0.1) is 5.82 Å². The van der Waals surface area contributed by atoms with Crippen LogP contribution in [0.25, 0.3) is 0 Å². The van der Waals surface area contributed by atoms with Gasteiger partial charge in [-0.1, -0.05) is 36.4 Å². The third kappa shape index (κ3) is 5.01. The minimum atomic E-state index is -0.432. The van der Waals surface area contributed by atoms with Crippen LogP contribution < -0.4 is 0 Å². The van der Waals surface area contributed by atoms with E-state index in [1.54, 1.807) is 24.3 Å². The van der Waals surface area contributed by atoms with Gasteiger partial charge in [0.15, 0.2) is 0 Å². The van der Waals surface area contributed by atoms with Crippen LogP contribution in [0.1, 0.15) is 21.7 Å². The average Bonchev–Trinajstić information content (AvgIpc) is 3.12. The highest BCUT2D eigenvalue weighted by Crippen LogP contribution is 2.12. The van der Waals surface area contributed by atoms with Crippen molar-refractivity contribution in [1.82, 2.24) is 14.5 Å². The summed E-state index contributed by atoms with van der Waals surface area (Å²) in [6.07, 6.45) is 3.61. The summed E-state index contributed by atoms with van der Waals surface area (Å²) < 4.78 is 20.7. The first kappa shape index (κ1) is 18.8. The number of hydrogen-bond donors (Lipinski definition) is 0. The quantitative estimate of drug-likeness (QED) is 0.613. The number of carbonyl (C=O) groups is 1. The van der Waals surface area contributed by atoms with Gasteiger partial charge >= 0.3 is 0 Å². The molecule has 5 nitrogen and oxygen atoms in total. The maximum atomic E-state index is 13.5. The van der Waals surface area contributed by atoms with Gasteiger partial charge in [-0.05, 0) is 23.8 Å². The lowest BCUT2D eigenvalue weighted by molar-refractivity contribution is 0.0673. The molecule has 0 saturated heterocycles.